The minimum Gasteiger partial charge on any atom is -0.380 e. The summed E-state index contributed by atoms with van der Waals surface area (Å²) in [6, 6.07) is 9.24. The first-order chi connectivity index (χ1) is 8.68. The molecule has 18 heavy (non-hydrogen) atoms. The second-order valence-corrected chi connectivity index (χ2v) is 5.29. The molecule has 2 bridgehead atoms. The van der Waals surface area contributed by atoms with Crippen LogP contribution in [0.25, 0.3) is 0 Å². The van der Waals surface area contributed by atoms with Gasteiger partial charge in [0.05, 0.1) is 17.6 Å². The Balaban J connectivity index is 1.62. The topological polar surface area (TPSA) is 47.6 Å². The van der Waals surface area contributed by atoms with Gasteiger partial charge in [-0.05, 0) is 38.3 Å². The number of benzene rings is 1. The maximum Gasteiger partial charge on any atom is 0.261 e. The van der Waals surface area contributed by atoms with Crippen LogP contribution in [0, 0.1) is 5.41 Å². The molecule has 3 rings (SSSR count). The molecule has 1 amide bonds. The average molecular weight is 247 g/mol. The Kier molecular flexibility index (Phi) is 2.74. The summed E-state index contributed by atoms with van der Waals surface area (Å²) < 4.78 is 5.74. The number of hydrogen-bond acceptors (Lipinski definition) is 3. The zero-order chi connectivity index (χ0) is 12.6. The number of fused-ring (bicyclic) bond motifs is 2. The lowest BCUT2D eigenvalue weighted by molar-refractivity contribution is -0.140. The van der Waals surface area contributed by atoms with Gasteiger partial charge in [0.15, 0.2) is 5.75 Å². The summed E-state index contributed by atoms with van der Waals surface area (Å²) in [5.41, 5.74) is 2.10. The molecule has 2 fully saturated rings. The lowest BCUT2D eigenvalue weighted by Gasteiger charge is -2.29. The molecule has 3 atom stereocenters. The summed E-state index contributed by atoms with van der Waals surface area (Å²) in [5, 5.41) is 0. The maximum absolute atomic E-state index is 12.2. The van der Waals surface area contributed by atoms with Gasteiger partial charge in [-0.25, -0.2) is 0 Å². The zero-order valence-corrected chi connectivity index (χ0v) is 10.4. The molecule has 0 spiro atoms. The minimum absolute atomic E-state index is 0.0434. The van der Waals surface area contributed by atoms with Gasteiger partial charge in [0.1, 0.15) is 0 Å². The predicted octanol–water partition coefficient (Wildman–Crippen LogP) is 2.05. The Morgan fingerprint density at radius 2 is 2.17 bits per heavy atom. The van der Waals surface area contributed by atoms with Gasteiger partial charge in [-0.1, -0.05) is 18.2 Å². The Morgan fingerprint density at radius 3 is 2.78 bits per heavy atom. The van der Waals surface area contributed by atoms with Crippen LogP contribution in [-0.2, 0) is 9.53 Å². The lowest BCUT2D eigenvalue weighted by Crippen LogP contribution is -2.46. The van der Waals surface area contributed by atoms with Crippen molar-refractivity contribution in [3.05, 3.63) is 30.3 Å². The molecule has 4 nitrogen and oxygen atoms in total. The van der Waals surface area contributed by atoms with Crippen LogP contribution < -0.4 is 10.3 Å². The predicted molar refractivity (Wildman–Crippen MR) is 65.8 cm³/mol. The Morgan fingerprint density at radius 1 is 1.39 bits per heavy atom. The molecular formula is C14H17NO3. The van der Waals surface area contributed by atoms with Crippen molar-refractivity contribution >= 4 is 5.91 Å². The third-order valence-corrected chi connectivity index (χ3v) is 3.99. The van der Waals surface area contributed by atoms with Crippen LogP contribution in [0.4, 0.5) is 0 Å². The summed E-state index contributed by atoms with van der Waals surface area (Å²) >= 11 is 0. The molecule has 0 unspecified atom stereocenters. The van der Waals surface area contributed by atoms with Crippen molar-refractivity contribution in [1.82, 2.24) is 5.48 Å². The lowest BCUT2D eigenvalue weighted by atomic mass is 9.75. The quantitative estimate of drug-likeness (QED) is 0.832. The highest BCUT2D eigenvalue weighted by molar-refractivity contribution is 5.82. The number of nitrogens with one attached hydrogen (secondary N) is 1. The van der Waals surface area contributed by atoms with Gasteiger partial charge in [-0.2, -0.15) is 5.48 Å². The first kappa shape index (κ1) is 11.5. The van der Waals surface area contributed by atoms with E-state index in [0.717, 1.165) is 19.3 Å². The second-order valence-electron chi connectivity index (χ2n) is 5.29. The highest BCUT2D eigenvalue weighted by atomic mass is 16.7. The molecule has 1 aromatic carbocycles. The van der Waals surface area contributed by atoms with Gasteiger partial charge < -0.3 is 9.57 Å². The number of para-hydroxylation sites is 1. The van der Waals surface area contributed by atoms with Crippen molar-refractivity contribution in [3.63, 3.8) is 0 Å². The van der Waals surface area contributed by atoms with E-state index in [1.165, 1.54) is 0 Å². The van der Waals surface area contributed by atoms with Gasteiger partial charge >= 0.3 is 0 Å². The fourth-order valence-electron chi connectivity index (χ4n) is 2.88. The molecule has 96 valence electrons. The van der Waals surface area contributed by atoms with Crippen LogP contribution in [0.5, 0.6) is 5.75 Å². The molecular weight excluding hydrogens is 230 g/mol. The summed E-state index contributed by atoms with van der Waals surface area (Å²) in [7, 11) is 0. The molecule has 0 saturated carbocycles. The van der Waals surface area contributed by atoms with Crippen LogP contribution in [0.2, 0.25) is 0 Å². The Labute approximate surface area is 106 Å². The van der Waals surface area contributed by atoms with Gasteiger partial charge in [-0.15, -0.1) is 0 Å². The maximum atomic E-state index is 12.2. The van der Waals surface area contributed by atoms with E-state index >= 15 is 0 Å². The fourth-order valence-corrected chi connectivity index (χ4v) is 2.88. The standard InChI is InChI=1S/C14H17NO3/c1-14(9-11-7-8-12(14)17-11)13(16)15-18-10-5-3-2-4-6-10/h2-6,11-12H,7-9H2,1H3,(H,15,16)/t11-,12+,14+/m1/s1. The molecule has 0 aromatic heterocycles. The normalized spacial score (nSPS) is 33.4. The summed E-state index contributed by atoms with van der Waals surface area (Å²) in [4.78, 5) is 17.5. The van der Waals surface area contributed by atoms with E-state index in [1.807, 2.05) is 25.1 Å². The van der Waals surface area contributed by atoms with E-state index in [2.05, 4.69) is 5.48 Å². The van der Waals surface area contributed by atoms with Gasteiger partial charge in [0, 0.05) is 0 Å². The van der Waals surface area contributed by atoms with Gasteiger partial charge in [-0.3, -0.25) is 4.79 Å². The number of rotatable bonds is 3. The van der Waals surface area contributed by atoms with Crippen molar-refractivity contribution in [2.45, 2.75) is 38.4 Å². The Hall–Kier alpha value is -1.55. The number of hydroxylamine groups is 1. The smallest absolute Gasteiger partial charge is 0.261 e. The summed E-state index contributed by atoms with van der Waals surface area (Å²) in [6.07, 6.45) is 3.14. The number of ether oxygens (including phenoxy) is 1. The second kappa shape index (κ2) is 4.28. The molecule has 2 heterocycles. The van der Waals surface area contributed by atoms with E-state index in [0.29, 0.717) is 5.75 Å². The first-order valence-corrected chi connectivity index (χ1v) is 6.36. The van der Waals surface area contributed by atoms with Crippen LogP contribution >= 0.6 is 0 Å². The third-order valence-electron chi connectivity index (χ3n) is 3.99. The van der Waals surface area contributed by atoms with E-state index in [1.54, 1.807) is 12.1 Å². The average Bonchev–Trinajstić information content (AvgIpc) is 2.97. The zero-order valence-electron chi connectivity index (χ0n) is 10.4. The Bertz CT molecular complexity index is 448. The van der Waals surface area contributed by atoms with Crippen LogP contribution in [0.15, 0.2) is 30.3 Å². The molecule has 1 aromatic rings. The van der Waals surface area contributed by atoms with Crippen LogP contribution in [0.3, 0.4) is 0 Å². The molecule has 2 aliphatic rings. The number of amides is 1. The summed E-state index contributed by atoms with van der Waals surface area (Å²) in [5.74, 6) is 0.553. The molecule has 4 heteroatoms. The monoisotopic (exact) mass is 247 g/mol. The summed E-state index contributed by atoms with van der Waals surface area (Å²) in [6.45, 7) is 1.96. The molecule has 0 aliphatic carbocycles. The molecule has 2 saturated heterocycles. The van der Waals surface area contributed by atoms with Gasteiger partial charge in [0.25, 0.3) is 5.91 Å². The molecule has 2 aliphatic heterocycles. The van der Waals surface area contributed by atoms with Crippen LogP contribution in [0.1, 0.15) is 26.2 Å². The van der Waals surface area contributed by atoms with Crippen molar-refractivity contribution in [2.75, 3.05) is 0 Å². The van der Waals surface area contributed by atoms with E-state index in [4.69, 9.17) is 9.57 Å². The third kappa shape index (κ3) is 1.86. The van der Waals surface area contributed by atoms with Crippen LogP contribution in [-0.4, -0.2) is 18.1 Å². The van der Waals surface area contributed by atoms with E-state index in [9.17, 15) is 4.79 Å². The molecule has 0 radical (unpaired) electrons. The number of hydrogen-bond donors (Lipinski definition) is 1. The highest BCUT2D eigenvalue weighted by Crippen LogP contribution is 2.47. The number of carbonyl (C=O) groups excluding carboxylic acids is 1. The first-order valence-electron chi connectivity index (χ1n) is 6.36. The van der Waals surface area contributed by atoms with E-state index < -0.39 is 5.41 Å². The van der Waals surface area contributed by atoms with Crippen molar-refractivity contribution in [1.29, 1.82) is 0 Å². The van der Waals surface area contributed by atoms with Crippen molar-refractivity contribution in [3.8, 4) is 5.75 Å². The fraction of sp³-hybridized carbons (Fsp3) is 0.500. The molecule has 1 N–H and O–H groups in total. The number of carbonyl (C=O) groups is 1. The van der Waals surface area contributed by atoms with Gasteiger partial charge in [0.2, 0.25) is 0 Å². The van der Waals surface area contributed by atoms with Crippen molar-refractivity contribution < 1.29 is 14.4 Å². The van der Waals surface area contributed by atoms with Crippen molar-refractivity contribution in [2.24, 2.45) is 5.41 Å². The van der Waals surface area contributed by atoms with E-state index in [-0.39, 0.29) is 18.1 Å². The highest BCUT2D eigenvalue weighted by Gasteiger charge is 2.54. The SMILES string of the molecule is C[C@]1(C(=O)NOc2ccccc2)C[C@H]2CC[C@@H]1O2. The minimum atomic E-state index is -0.447. The largest absolute Gasteiger partial charge is 0.380 e.